The SMILES string of the molecule is CSC1CCCCC1Nc1ccc(N)cc1I. The van der Waals surface area contributed by atoms with Crippen molar-refractivity contribution in [2.45, 2.75) is 37.0 Å². The molecule has 17 heavy (non-hydrogen) atoms. The van der Waals surface area contributed by atoms with Gasteiger partial charge in [0.25, 0.3) is 0 Å². The molecule has 1 aromatic carbocycles. The normalized spacial score (nSPS) is 24.6. The average molecular weight is 362 g/mol. The van der Waals surface area contributed by atoms with Crippen LogP contribution >= 0.6 is 34.4 Å². The van der Waals surface area contributed by atoms with Crippen LogP contribution in [-0.4, -0.2) is 17.5 Å². The third-order valence-electron chi connectivity index (χ3n) is 3.34. The highest BCUT2D eigenvalue weighted by atomic mass is 127. The Morgan fingerprint density at radius 3 is 2.82 bits per heavy atom. The molecule has 1 fully saturated rings. The number of benzene rings is 1. The van der Waals surface area contributed by atoms with E-state index in [1.54, 1.807) is 0 Å². The van der Waals surface area contributed by atoms with Gasteiger partial charge in [-0.25, -0.2) is 0 Å². The summed E-state index contributed by atoms with van der Waals surface area (Å²) in [5.41, 5.74) is 7.84. The molecular formula is C13H19IN2S. The van der Waals surface area contributed by atoms with E-state index in [4.69, 9.17) is 5.73 Å². The zero-order valence-corrected chi connectivity index (χ0v) is 13.1. The molecule has 2 atom stereocenters. The van der Waals surface area contributed by atoms with E-state index in [9.17, 15) is 0 Å². The number of rotatable bonds is 3. The molecular weight excluding hydrogens is 343 g/mol. The van der Waals surface area contributed by atoms with Crippen LogP contribution in [0.15, 0.2) is 18.2 Å². The van der Waals surface area contributed by atoms with Gasteiger partial charge in [0.2, 0.25) is 0 Å². The van der Waals surface area contributed by atoms with Gasteiger partial charge in [0.05, 0.1) is 0 Å². The summed E-state index contributed by atoms with van der Waals surface area (Å²) in [6.45, 7) is 0. The minimum Gasteiger partial charge on any atom is -0.399 e. The predicted molar refractivity (Wildman–Crippen MR) is 86.8 cm³/mol. The maximum absolute atomic E-state index is 5.78. The molecule has 2 nitrogen and oxygen atoms in total. The van der Waals surface area contributed by atoms with Crippen LogP contribution in [0.3, 0.4) is 0 Å². The topological polar surface area (TPSA) is 38.0 Å². The van der Waals surface area contributed by atoms with E-state index >= 15 is 0 Å². The van der Waals surface area contributed by atoms with Crippen LogP contribution in [0.25, 0.3) is 0 Å². The van der Waals surface area contributed by atoms with Gasteiger partial charge < -0.3 is 11.1 Å². The van der Waals surface area contributed by atoms with Crippen LogP contribution in [0.2, 0.25) is 0 Å². The number of nitrogens with one attached hydrogen (secondary N) is 1. The molecule has 3 N–H and O–H groups in total. The molecule has 1 aliphatic carbocycles. The smallest absolute Gasteiger partial charge is 0.0479 e. The summed E-state index contributed by atoms with van der Waals surface area (Å²) in [7, 11) is 0. The number of anilines is 2. The maximum atomic E-state index is 5.78. The van der Waals surface area contributed by atoms with E-state index in [-0.39, 0.29) is 0 Å². The molecule has 0 heterocycles. The minimum atomic E-state index is 0.607. The van der Waals surface area contributed by atoms with Crippen LogP contribution in [0.1, 0.15) is 25.7 Å². The lowest BCUT2D eigenvalue weighted by Crippen LogP contribution is -2.34. The Hall–Kier alpha value is -0.100. The molecule has 0 bridgehead atoms. The Balaban J connectivity index is 2.08. The lowest BCUT2D eigenvalue weighted by molar-refractivity contribution is 0.475. The highest BCUT2D eigenvalue weighted by Gasteiger charge is 2.24. The fraction of sp³-hybridized carbons (Fsp3) is 0.538. The molecule has 1 aromatic rings. The van der Waals surface area contributed by atoms with Crippen molar-refractivity contribution in [3.05, 3.63) is 21.8 Å². The Kier molecular flexibility index (Phi) is 4.85. The van der Waals surface area contributed by atoms with Crippen molar-refractivity contribution in [1.29, 1.82) is 0 Å². The summed E-state index contributed by atoms with van der Waals surface area (Å²) in [6, 6.07) is 6.71. The summed E-state index contributed by atoms with van der Waals surface area (Å²) in [6.07, 6.45) is 7.57. The summed E-state index contributed by atoms with van der Waals surface area (Å²) >= 11 is 4.34. The number of nitrogens with two attached hydrogens (primary N) is 1. The molecule has 1 saturated carbocycles. The van der Waals surface area contributed by atoms with Crippen LogP contribution in [-0.2, 0) is 0 Å². The first-order valence-electron chi connectivity index (χ1n) is 6.05. The first-order chi connectivity index (χ1) is 8.20. The average Bonchev–Trinajstić information content (AvgIpc) is 2.33. The van der Waals surface area contributed by atoms with Crippen molar-refractivity contribution in [3.63, 3.8) is 0 Å². The van der Waals surface area contributed by atoms with Crippen LogP contribution in [0.5, 0.6) is 0 Å². The highest BCUT2D eigenvalue weighted by Crippen LogP contribution is 2.31. The molecule has 0 aromatic heterocycles. The molecule has 1 aliphatic rings. The Labute approximate surface area is 121 Å². The van der Waals surface area contributed by atoms with Gasteiger partial charge in [-0.2, -0.15) is 11.8 Å². The minimum absolute atomic E-state index is 0.607. The predicted octanol–water partition coefficient (Wildman–Crippen LogP) is 3.96. The van der Waals surface area contributed by atoms with Crippen molar-refractivity contribution in [3.8, 4) is 0 Å². The van der Waals surface area contributed by atoms with Gasteiger partial charge in [0, 0.05) is 26.2 Å². The summed E-state index contributed by atoms with van der Waals surface area (Å²) < 4.78 is 1.22. The summed E-state index contributed by atoms with van der Waals surface area (Å²) in [4.78, 5) is 0. The van der Waals surface area contributed by atoms with Crippen molar-refractivity contribution >= 4 is 45.7 Å². The van der Waals surface area contributed by atoms with Crippen LogP contribution < -0.4 is 11.1 Å². The van der Waals surface area contributed by atoms with Crippen molar-refractivity contribution in [2.75, 3.05) is 17.3 Å². The third-order valence-corrected chi connectivity index (χ3v) is 5.40. The molecule has 2 rings (SSSR count). The number of nitrogen functional groups attached to an aromatic ring is 1. The Bertz CT molecular complexity index is 384. The molecule has 0 saturated heterocycles. The number of hydrogen-bond acceptors (Lipinski definition) is 3. The van der Waals surface area contributed by atoms with Crippen molar-refractivity contribution in [2.24, 2.45) is 0 Å². The lowest BCUT2D eigenvalue weighted by Gasteiger charge is -2.32. The fourth-order valence-corrected chi connectivity index (χ4v) is 4.02. The number of thioether (sulfide) groups is 1. The van der Waals surface area contributed by atoms with E-state index in [1.807, 2.05) is 23.9 Å². The summed E-state index contributed by atoms with van der Waals surface area (Å²) in [5, 5.41) is 4.44. The molecule has 0 radical (unpaired) electrons. The zero-order valence-electron chi connectivity index (χ0n) is 10.1. The fourth-order valence-electron chi connectivity index (χ4n) is 2.39. The van der Waals surface area contributed by atoms with Gasteiger partial charge in [-0.3, -0.25) is 0 Å². The molecule has 2 unspecified atom stereocenters. The largest absolute Gasteiger partial charge is 0.399 e. The Morgan fingerprint density at radius 2 is 2.12 bits per heavy atom. The second-order valence-corrected chi connectivity index (χ2v) is 6.79. The molecule has 94 valence electrons. The number of halogens is 1. The molecule has 4 heteroatoms. The first kappa shape index (κ1) is 13.3. The first-order valence-corrected chi connectivity index (χ1v) is 8.41. The zero-order chi connectivity index (χ0) is 12.3. The van der Waals surface area contributed by atoms with Gasteiger partial charge >= 0.3 is 0 Å². The van der Waals surface area contributed by atoms with Crippen LogP contribution in [0.4, 0.5) is 11.4 Å². The molecule has 0 aliphatic heterocycles. The van der Waals surface area contributed by atoms with Crippen LogP contribution in [0, 0.1) is 3.57 Å². The van der Waals surface area contributed by atoms with Gasteiger partial charge in [0.1, 0.15) is 0 Å². The standard InChI is InChI=1S/C13H19IN2S/c1-17-13-5-3-2-4-12(13)16-11-7-6-9(15)8-10(11)14/h6-8,12-13,16H,2-5,15H2,1H3. The quantitative estimate of drug-likeness (QED) is 0.632. The molecule has 0 spiro atoms. The van der Waals surface area contributed by atoms with E-state index < -0.39 is 0 Å². The second kappa shape index (κ2) is 6.18. The van der Waals surface area contributed by atoms with E-state index in [2.05, 4.69) is 40.2 Å². The second-order valence-electron chi connectivity index (χ2n) is 4.55. The van der Waals surface area contributed by atoms with Gasteiger partial charge in [-0.1, -0.05) is 12.8 Å². The van der Waals surface area contributed by atoms with Gasteiger partial charge in [-0.05, 0) is 59.9 Å². The van der Waals surface area contributed by atoms with E-state index in [1.165, 1.54) is 34.9 Å². The van der Waals surface area contributed by atoms with E-state index in [0.29, 0.717) is 6.04 Å². The van der Waals surface area contributed by atoms with Gasteiger partial charge in [-0.15, -0.1) is 0 Å². The maximum Gasteiger partial charge on any atom is 0.0479 e. The van der Waals surface area contributed by atoms with E-state index in [0.717, 1.165) is 10.9 Å². The number of hydrogen-bond donors (Lipinski definition) is 2. The monoisotopic (exact) mass is 362 g/mol. The van der Waals surface area contributed by atoms with Crippen molar-refractivity contribution in [1.82, 2.24) is 0 Å². The lowest BCUT2D eigenvalue weighted by atomic mass is 9.94. The third kappa shape index (κ3) is 3.44. The van der Waals surface area contributed by atoms with Crippen molar-refractivity contribution < 1.29 is 0 Å². The molecule has 0 amide bonds. The summed E-state index contributed by atoms with van der Waals surface area (Å²) in [5.74, 6) is 0. The Morgan fingerprint density at radius 1 is 1.35 bits per heavy atom. The van der Waals surface area contributed by atoms with Gasteiger partial charge in [0.15, 0.2) is 0 Å². The highest BCUT2D eigenvalue weighted by molar-refractivity contribution is 14.1.